The number of aryl methyl sites for hydroxylation is 2. The van der Waals surface area contributed by atoms with Gasteiger partial charge in [-0.25, -0.2) is 4.98 Å². The van der Waals surface area contributed by atoms with Crippen molar-refractivity contribution in [1.29, 1.82) is 0 Å². The van der Waals surface area contributed by atoms with Gasteiger partial charge in [-0.1, -0.05) is 78.9 Å². The summed E-state index contributed by atoms with van der Waals surface area (Å²) in [4.78, 5) is 23.2. The van der Waals surface area contributed by atoms with Gasteiger partial charge in [0.1, 0.15) is 0 Å². The van der Waals surface area contributed by atoms with Crippen LogP contribution in [0.2, 0.25) is 0 Å². The molecule has 1 aliphatic carbocycles. The third kappa shape index (κ3) is 4.12. The Kier molecular flexibility index (Phi) is 5.52. The molecular weight excluding hydrogens is 358 g/mol. The summed E-state index contributed by atoms with van der Waals surface area (Å²) in [5.41, 5.74) is 6.19. The largest absolute Gasteiger partial charge is 0.336 e. The highest BCUT2D eigenvalue weighted by molar-refractivity contribution is 5.93. The molecule has 0 saturated heterocycles. The molecular formula is C25H29N3O. The van der Waals surface area contributed by atoms with Crippen LogP contribution in [0.15, 0.2) is 48.5 Å². The van der Waals surface area contributed by atoms with Crippen LogP contribution in [0, 0.1) is 13.8 Å². The summed E-state index contributed by atoms with van der Waals surface area (Å²) in [6.07, 6.45) is 5.83. The second-order valence-electron chi connectivity index (χ2n) is 8.25. The van der Waals surface area contributed by atoms with E-state index in [1.54, 1.807) is 0 Å². The first kappa shape index (κ1) is 19.4. The normalized spacial score (nSPS) is 14.7. The van der Waals surface area contributed by atoms with Crippen molar-refractivity contribution in [2.75, 3.05) is 7.05 Å². The lowest BCUT2D eigenvalue weighted by atomic mass is 9.94. The van der Waals surface area contributed by atoms with Gasteiger partial charge in [0, 0.05) is 24.2 Å². The Bertz CT molecular complexity index is 917. The van der Waals surface area contributed by atoms with E-state index in [2.05, 4.69) is 67.4 Å². The fourth-order valence-electron chi connectivity index (χ4n) is 4.13. The molecule has 0 bridgehead atoms. The van der Waals surface area contributed by atoms with E-state index in [1.807, 2.05) is 11.9 Å². The third-order valence-corrected chi connectivity index (χ3v) is 6.01. The van der Waals surface area contributed by atoms with Crippen LogP contribution in [0.4, 0.5) is 0 Å². The minimum atomic E-state index is -0.0244. The number of carbonyl (C=O) groups is 1. The van der Waals surface area contributed by atoms with Gasteiger partial charge in [0.05, 0.1) is 11.4 Å². The SMILES string of the molecule is Cc1ccc(-c2nc(C(=O)N(C)C3CCCCC3)[nH]c2-c2ccc(C)cc2)cc1. The Balaban J connectivity index is 1.73. The molecule has 1 N–H and O–H groups in total. The van der Waals surface area contributed by atoms with Crippen LogP contribution in [0.5, 0.6) is 0 Å². The molecule has 4 rings (SSSR count). The minimum absolute atomic E-state index is 0.0244. The molecule has 1 amide bonds. The van der Waals surface area contributed by atoms with Crippen molar-refractivity contribution < 1.29 is 4.79 Å². The van der Waals surface area contributed by atoms with Gasteiger partial charge in [0.15, 0.2) is 5.82 Å². The molecule has 3 aromatic rings. The number of aromatic amines is 1. The van der Waals surface area contributed by atoms with Gasteiger partial charge < -0.3 is 9.88 Å². The summed E-state index contributed by atoms with van der Waals surface area (Å²) in [7, 11) is 1.91. The monoisotopic (exact) mass is 387 g/mol. The van der Waals surface area contributed by atoms with Crippen molar-refractivity contribution in [3.8, 4) is 22.5 Å². The number of carbonyl (C=O) groups excluding carboxylic acids is 1. The highest BCUT2D eigenvalue weighted by Gasteiger charge is 2.26. The number of hydrogen-bond acceptors (Lipinski definition) is 2. The van der Waals surface area contributed by atoms with Gasteiger partial charge in [-0.15, -0.1) is 0 Å². The van der Waals surface area contributed by atoms with Crippen molar-refractivity contribution >= 4 is 5.91 Å². The first-order valence-electron chi connectivity index (χ1n) is 10.5. The zero-order valence-corrected chi connectivity index (χ0v) is 17.5. The smallest absolute Gasteiger partial charge is 0.289 e. The van der Waals surface area contributed by atoms with Crippen LogP contribution in [-0.4, -0.2) is 33.9 Å². The Morgan fingerprint density at radius 3 is 2.03 bits per heavy atom. The van der Waals surface area contributed by atoms with Crippen molar-refractivity contribution in [2.24, 2.45) is 0 Å². The van der Waals surface area contributed by atoms with Gasteiger partial charge in [0.2, 0.25) is 0 Å². The molecule has 1 heterocycles. The quantitative estimate of drug-likeness (QED) is 0.618. The van der Waals surface area contributed by atoms with E-state index in [0.717, 1.165) is 35.4 Å². The Morgan fingerprint density at radius 2 is 1.45 bits per heavy atom. The van der Waals surface area contributed by atoms with Crippen molar-refractivity contribution in [3.05, 3.63) is 65.5 Å². The van der Waals surface area contributed by atoms with E-state index in [-0.39, 0.29) is 5.91 Å². The number of rotatable bonds is 4. The molecule has 0 atom stereocenters. The Hall–Kier alpha value is -2.88. The molecule has 4 heteroatoms. The Labute approximate surface area is 173 Å². The third-order valence-electron chi connectivity index (χ3n) is 6.01. The number of imidazole rings is 1. The molecule has 1 fully saturated rings. The van der Waals surface area contributed by atoms with Crippen LogP contribution < -0.4 is 0 Å². The van der Waals surface area contributed by atoms with Crippen LogP contribution in [-0.2, 0) is 0 Å². The molecule has 1 saturated carbocycles. The van der Waals surface area contributed by atoms with Crippen LogP contribution in [0.1, 0.15) is 53.8 Å². The van der Waals surface area contributed by atoms with E-state index in [4.69, 9.17) is 4.98 Å². The average Bonchev–Trinajstić information content (AvgIpc) is 3.20. The van der Waals surface area contributed by atoms with Crippen molar-refractivity contribution in [2.45, 2.75) is 52.0 Å². The summed E-state index contributed by atoms with van der Waals surface area (Å²) >= 11 is 0. The molecule has 0 unspecified atom stereocenters. The summed E-state index contributed by atoms with van der Waals surface area (Å²) in [6, 6.07) is 17.0. The molecule has 0 spiro atoms. The lowest BCUT2D eigenvalue weighted by Crippen LogP contribution is -2.38. The zero-order valence-electron chi connectivity index (χ0n) is 17.5. The first-order chi connectivity index (χ1) is 14.0. The molecule has 2 aromatic carbocycles. The number of nitrogens with zero attached hydrogens (tertiary/aromatic N) is 2. The molecule has 1 aromatic heterocycles. The summed E-state index contributed by atoms with van der Waals surface area (Å²) in [6.45, 7) is 4.15. The maximum absolute atomic E-state index is 13.2. The zero-order chi connectivity index (χ0) is 20.4. The second kappa shape index (κ2) is 8.24. The number of aromatic nitrogens is 2. The average molecular weight is 388 g/mol. The van der Waals surface area contributed by atoms with Crippen LogP contribution >= 0.6 is 0 Å². The molecule has 1 aliphatic rings. The van der Waals surface area contributed by atoms with Crippen molar-refractivity contribution in [3.63, 3.8) is 0 Å². The van der Waals surface area contributed by atoms with E-state index in [0.29, 0.717) is 11.9 Å². The van der Waals surface area contributed by atoms with Gasteiger partial charge in [-0.05, 0) is 26.7 Å². The lowest BCUT2D eigenvalue weighted by molar-refractivity contribution is 0.0685. The van der Waals surface area contributed by atoms with Gasteiger partial charge >= 0.3 is 0 Å². The number of hydrogen-bond donors (Lipinski definition) is 1. The topological polar surface area (TPSA) is 49.0 Å². The molecule has 0 aliphatic heterocycles. The number of H-pyrrole nitrogens is 1. The number of amides is 1. The van der Waals surface area contributed by atoms with Crippen molar-refractivity contribution in [1.82, 2.24) is 14.9 Å². The number of nitrogens with one attached hydrogen (secondary N) is 1. The Morgan fingerprint density at radius 1 is 0.897 bits per heavy atom. The predicted molar refractivity (Wildman–Crippen MR) is 118 cm³/mol. The van der Waals surface area contributed by atoms with Crippen LogP contribution in [0.25, 0.3) is 22.5 Å². The number of benzene rings is 2. The van der Waals surface area contributed by atoms with Gasteiger partial charge in [-0.2, -0.15) is 0 Å². The molecule has 4 nitrogen and oxygen atoms in total. The van der Waals surface area contributed by atoms with Gasteiger partial charge in [0.25, 0.3) is 5.91 Å². The second-order valence-corrected chi connectivity index (χ2v) is 8.25. The maximum Gasteiger partial charge on any atom is 0.289 e. The first-order valence-corrected chi connectivity index (χ1v) is 10.5. The van der Waals surface area contributed by atoms with Gasteiger partial charge in [-0.3, -0.25) is 4.79 Å². The fourth-order valence-corrected chi connectivity index (χ4v) is 4.13. The van der Waals surface area contributed by atoms with E-state index in [1.165, 1.54) is 30.4 Å². The highest BCUT2D eigenvalue weighted by Crippen LogP contribution is 2.31. The van der Waals surface area contributed by atoms with Crippen LogP contribution in [0.3, 0.4) is 0 Å². The van der Waals surface area contributed by atoms with E-state index in [9.17, 15) is 4.79 Å². The molecule has 150 valence electrons. The summed E-state index contributed by atoms with van der Waals surface area (Å²) in [5, 5.41) is 0. The highest BCUT2D eigenvalue weighted by atomic mass is 16.2. The lowest BCUT2D eigenvalue weighted by Gasteiger charge is -2.30. The molecule has 29 heavy (non-hydrogen) atoms. The van der Waals surface area contributed by atoms with E-state index < -0.39 is 0 Å². The summed E-state index contributed by atoms with van der Waals surface area (Å²) in [5.74, 6) is 0.396. The standard InChI is InChI=1S/C25H29N3O/c1-17-9-13-19(14-10-17)22-23(20-15-11-18(2)12-16-20)27-24(26-22)25(29)28(3)21-7-5-4-6-8-21/h9-16,21H,4-8H2,1-3H3,(H,26,27). The fraction of sp³-hybridized carbons (Fsp3) is 0.360. The maximum atomic E-state index is 13.2. The van der Waals surface area contributed by atoms with E-state index >= 15 is 0 Å². The summed E-state index contributed by atoms with van der Waals surface area (Å²) < 4.78 is 0. The minimum Gasteiger partial charge on any atom is -0.336 e. The predicted octanol–water partition coefficient (Wildman–Crippen LogP) is 5.77. The molecule has 0 radical (unpaired) electrons.